The molecule has 8 heteroatoms. The van der Waals surface area contributed by atoms with Gasteiger partial charge in [0.15, 0.2) is 11.5 Å². The van der Waals surface area contributed by atoms with Crippen molar-refractivity contribution in [1.82, 2.24) is 0 Å². The van der Waals surface area contributed by atoms with E-state index >= 15 is 0 Å². The minimum Gasteiger partial charge on any atom is -0.497 e. The van der Waals surface area contributed by atoms with Crippen LogP contribution in [0.1, 0.15) is 37.3 Å². The maximum atomic E-state index is 13.8. The van der Waals surface area contributed by atoms with Gasteiger partial charge in [0.2, 0.25) is 5.43 Å². The Morgan fingerprint density at radius 1 is 0.868 bits per heavy atom. The summed E-state index contributed by atoms with van der Waals surface area (Å²) >= 11 is 0. The van der Waals surface area contributed by atoms with E-state index in [9.17, 15) is 9.59 Å². The van der Waals surface area contributed by atoms with Crippen LogP contribution in [0.5, 0.6) is 28.7 Å². The first-order chi connectivity index (χ1) is 18.3. The van der Waals surface area contributed by atoms with Crippen molar-refractivity contribution in [1.29, 1.82) is 0 Å². The third-order valence-corrected chi connectivity index (χ3v) is 6.53. The van der Waals surface area contributed by atoms with Crippen LogP contribution in [-0.4, -0.2) is 33.4 Å². The van der Waals surface area contributed by atoms with Gasteiger partial charge >= 0.3 is 5.97 Å². The van der Waals surface area contributed by atoms with Crippen LogP contribution in [0.4, 0.5) is 0 Å². The molecule has 1 aliphatic rings. The number of rotatable bonds is 7. The first-order valence-corrected chi connectivity index (χ1v) is 12.2. The third kappa shape index (κ3) is 4.42. The Kier molecular flexibility index (Phi) is 6.72. The van der Waals surface area contributed by atoms with E-state index in [0.717, 1.165) is 5.56 Å². The molecule has 0 bridgehead atoms. The highest BCUT2D eigenvalue weighted by Gasteiger charge is 2.34. The fraction of sp³-hybridized carbons (Fsp3) is 0.267. The second-order valence-electron chi connectivity index (χ2n) is 9.21. The maximum Gasteiger partial charge on any atom is 0.312 e. The van der Waals surface area contributed by atoms with Crippen molar-refractivity contribution >= 4 is 16.9 Å². The zero-order valence-electron chi connectivity index (χ0n) is 21.8. The average molecular weight is 517 g/mol. The highest BCUT2D eigenvalue weighted by atomic mass is 16.5. The average Bonchev–Trinajstić information content (AvgIpc) is 2.92. The molecule has 2 heterocycles. The summed E-state index contributed by atoms with van der Waals surface area (Å²) in [7, 11) is 4.60. The van der Waals surface area contributed by atoms with Crippen molar-refractivity contribution in [2.75, 3.05) is 21.3 Å². The topological polar surface area (TPSA) is 93.4 Å². The number of hydrogen-bond acceptors (Lipinski definition) is 8. The Morgan fingerprint density at radius 2 is 1.61 bits per heavy atom. The van der Waals surface area contributed by atoms with Gasteiger partial charge in [0.1, 0.15) is 34.5 Å². The molecule has 0 aliphatic carbocycles. The number of methoxy groups -OCH3 is 3. The van der Waals surface area contributed by atoms with Gasteiger partial charge < -0.3 is 28.1 Å². The molecule has 1 unspecified atom stereocenters. The van der Waals surface area contributed by atoms with E-state index in [1.165, 1.54) is 13.4 Å². The summed E-state index contributed by atoms with van der Waals surface area (Å²) in [5.41, 5.74) is 2.49. The number of carbonyl (C=O) groups excluding carboxylic acids is 1. The molecule has 0 saturated carbocycles. The molecule has 5 rings (SSSR count). The molecule has 0 saturated heterocycles. The van der Waals surface area contributed by atoms with Crippen LogP contribution in [0.15, 0.2) is 64.0 Å². The smallest absolute Gasteiger partial charge is 0.312 e. The predicted octanol–water partition coefficient (Wildman–Crippen LogP) is 5.71. The largest absolute Gasteiger partial charge is 0.497 e. The Labute approximate surface area is 219 Å². The summed E-state index contributed by atoms with van der Waals surface area (Å²) < 4.78 is 33.9. The predicted molar refractivity (Wildman–Crippen MR) is 142 cm³/mol. The molecule has 0 fully saturated rings. The lowest BCUT2D eigenvalue weighted by Crippen LogP contribution is -2.22. The SMILES string of the molecule is COc1ccc(-c2coc3c4c(cc(OC)c3c2=O)OC(=O)CC4c2ccc(OC(C)C)c(OC)c2)cc1. The molecule has 8 nitrogen and oxygen atoms in total. The van der Waals surface area contributed by atoms with Gasteiger partial charge in [0.05, 0.1) is 39.4 Å². The van der Waals surface area contributed by atoms with Gasteiger partial charge in [-0.3, -0.25) is 9.59 Å². The lowest BCUT2D eigenvalue weighted by molar-refractivity contribution is -0.135. The molecule has 1 atom stereocenters. The first kappa shape index (κ1) is 25.2. The fourth-order valence-corrected chi connectivity index (χ4v) is 4.79. The van der Waals surface area contributed by atoms with E-state index in [0.29, 0.717) is 39.5 Å². The number of hydrogen-bond donors (Lipinski definition) is 0. The molecule has 4 aromatic rings. The van der Waals surface area contributed by atoms with Crippen LogP contribution in [0, 0.1) is 0 Å². The van der Waals surface area contributed by atoms with Crippen LogP contribution >= 0.6 is 0 Å². The van der Waals surface area contributed by atoms with Gasteiger partial charge in [-0.2, -0.15) is 0 Å². The van der Waals surface area contributed by atoms with E-state index in [-0.39, 0.29) is 34.8 Å². The van der Waals surface area contributed by atoms with Crippen LogP contribution in [0.25, 0.3) is 22.1 Å². The summed E-state index contributed by atoms with van der Waals surface area (Å²) in [6, 6.07) is 14.2. The first-order valence-electron chi connectivity index (χ1n) is 12.2. The van der Waals surface area contributed by atoms with E-state index < -0.39 is 11.9 Å². The number of benzene rings is 3. The Balaban J connectivity index is 1.71. The Morgan fingerprint density at radius 3 is 2.26 bits per heavy atom. The van der Waals surface area contributed by atoms with Crippen molar-refractivity contribution in [2.24, 2.45) is 0 Å². The van der Waals surface area contributed by atoms with E-state index in [2.05, 4.69) is 0 Å². The van der Waals surface area contributed by atoms with Crippen molar-refractivity contribution < 1.29 is 32.9 Å². The number of fused-ring (bicyclic) bond motifs is 3. The van der Waals surface area contributed by atoms with Crippen molar-refractivity contribution in [3.63, 3.8) is 0 Å². The quantitative estimate of drug-likeness (QED) is 0.228. The second kappa shape index (κ2) is 10.1. The van der Waals surface area contributed by atoms with E-state index in [4.69, 9.17) is 28.1 Å². The van der Waals surface area contributed by atoms with Crippen LogP contribution in [0.3, 0.4) is 0 Å². The lowest BCUT2D eigenvalue weighted by atomic mass is 9.84. The van der Waals surface area contributed by atoms with Crippen molar-refractivity contribution in [3.05, 3.63) is 76.1 Å². The monoisotopic (exact) mass is 516 g/mol. The minimum atomic E-state index is -0.448. The zero-order chi connectivity index (χ0) is 27.0. The summed E-state index contributed by atoms with van der Waals surface area (Å²) in [5, 5.41) is 0.272. The molecular weight excluding hydrogens is 488 g/mol. The molecule has 38 heavy (non-hydrogen) atoms. The molecule has 0 amide bonds. The maximum absolute atomic E-state index is 13.8. The normalized spacial score (nSPS) is 14.7. The Hall–Kier alpha value is -4.46. The summed E-state index contributed by atoms with van der Waals surface area (Å²) in [6.07, 6.45) is 1.46. The number of ether oxygens (including phenoxy) is 5. The minimum absolute atomic E-state index is 0.0364. The highest BCUT2D eigenvalue weighted by molar-refractivity contribution is 5.94. The van der Waals surface area contributed by atoms with Crippen LogP contribution in [-0.2, 0) is 4.79 Å². The van der Waals surface area contributed by atoms with Gasteiger partial charge in [-0.15, -0.1) is 0 Å². The van der Waals surface area contributed by atoms with Crippen molar-refractivity contribution in [2.45, 2.75) is 32.3 Å². The number of esters is 1. The zero-order valence-corrected chi connectivity index (χ0v) is 21.8. The summed E-state index contributed by atoms with van der Waals surface area (Å²) in [6.45, 7) is 3.87. The van der Waals surface area contributed by atoms with Crippen LogP contribution in [0.2, 0.25) is 0 Å². The van der Waals surface area contributed by atoms with Gasteiger partial charge in [0.25, 0.3) is 0 Å². The van der Waals surface area contributed by atoms with E-state index in [1.807, 2.05) is 32.0 Å². The molecule has 3 aromatic carbocycles. The highest BCUT2D eigenvalue weighted by Crippen LogP contribution is 2.47. The van der Waals surface area contributed by atoms with Gasteiger partial charge in [-0.25, -0.2) is 0 Å². The van der Waals surface area contributed by atoms with Gasteiger partial charge in [-0.1, -0.05) is 18.2 Å². The fourth-order valence-electron chi connectivity index (χ4n) is 4.79. The van der Waals surface area contributed by atoms with Crippen molar-refractivity contribution in [3.8, 4) is 39.9 Å². The van der Waals surface area contributed by atoms with Gasteiger partial charge in [-0.05, 0) is 49.2 Å². The molecule has 1 aliphatic heterocycles. The second-order valence-corrected chi connectivity index (χ2v) is 9.21. The molecule has 0 radical (unpaired) electrons. The molecule has 0 spiro atoms. The van der Waals surface area contributed by atoms with E-state index in [1.54, 1.807) is 44.6 Å². The lowest BCUT2D eigenvalue weighted by Gasteiger charge is -2.27. The molecule has 1 aromatic heterocycles. The third-order valence-electron chi connectivity index (χ3n) is 6.53. The molecular formula is C30H28O8. The van der Waals surface area contributed by atoms with Crippen LogP contribution < -0.4 is 29.1 Å². The summed E-state index contributed by atoms with van der Waals surface area (Å²) in [4.78, 5) is 26.4. The molecule has 0 N–H and O–H groups in total. The number of carbonyl (C=O) groups is 1. The molecule has 196 valence electrons. The standard InChI is InChI=1S/C30H28O8/c1-16(2)37-22-11-8-18(12-23(22)34-4)20-13-26(31)38-25-14-24(35-5)28-29(32)21(15-36-30(28)27(20)25)17-6-9-19(33-3)10-7-17/h6-12,14-16,20H,13H2,1-5H3. The van der Waals surface area contributed by atoms with Gasteiger partial charge in [0, 0.05) is 17.5 Å². The Bertz CT molecular complexity index is 1570. The summed E-state index contributed by atoms with van der Waals surface area (Å²) in [5.74, 6) is 1.51.